The second-order valence-electron chi connectivity index (χ2n) is 7.11. The Bertz CT molecular complexity index is 959. The fraction of sp³-hybridized carbons (Fsp3) is 0.529. The monoisotopic (exact) mass is 413 g/mol. The molecule has 0 aliphatic carbocycles. The Balaban J connectivity index is 1.65. The number of rotatable bonds is 3. The zero-order valence-corrected chi connectivity index (χ0v) is 15.5. The van der Waals surface area contributed by atoms with Gasteiger partial charge < -0.3 is 10.0 Å². The maximum absolute atomic E-state index is 13.5. The van der Waals surface area contributed by atoms with Crippen LogP contribution in [0.1, 0.15) is 42.9 Å². The summed E-state index contributed by atoms with van der Waals surface area (Å²) in [5.41, 5.74) is -0.0618. The van der Waals surface area contributed by atoms with Crippen LogP contribution >= 0.6 is 11.6 Å². The van der Waals surface area contributed by atoms with Gasteiger partial charge in [0.1, 0.15) is 12.1 Å². The van der Waals surface area contributed by atoms with Gasteiger partial charge in [-0.3, -0.25) is 14.3 Å². The molecule has 0 bridgehead atoms. The minimum absolute atomic E-state index is 0.0332. The van der Waals surface area contributed by atoms with Crippen molar-refractivity contribution in [2.24, 2.45) is 0 Å². The molecule has 28 heavy (non-hydrogen) atoms. The number of carbonyl (C=O) groups excluding carboxylic acids is 1. The van der Waals surface area contributed by atoms with E-state index in [0.717, 1.165) is 14.1 Å². The molecule has 1 saturated heterocycles. The molecule has 2 aliphatic heterocycles. The van der Waals surface area contributed by atoms with Gasteiger partial charge in [-0.2, -0.15) is 5.10 Å². The van der Waals surface area contributed by atoms with Crippen molar-refractivity contribution in [1.29, 1.82) is 0 Å². The summed E-state index contributed by atoms with van der Waals surface area (Å²) in [5, 5.41) is 14.8. The van der Waals surface area contributed by atoms with Crippen molar-refractivity contribution in [3.05, 3.63) is 45.4 Å². The molecule has 2 atom stereocenters. The highest BCUT2D eigenvalue weighted by molar-refractivity contribution is 6.30. The molecule has 8 nitrogen and oxygen atoms in total. The van der Waals surface area contributed by atoms with Crippen LogP contribution in [0, 0.1) is 0 Å². The molecule has 2 aliphatic rings. The van der Waals surface area contributed by atoms with Gasteiger partial charge in [-0.15, -0.1) is 0 Å². The van der Waals surface area contributed by atoms with Crippen molar-refractivity contribution in [2.45, 2.75) is 43.9 Å². The van der Waals surface area contributed by atoms with Crippen LogP contribution in [0.15, 0.2) is 23.1 Å². The van der Waals surface area contributed by atoms with Gasteiger partial charge in [-0.05, 0) is 25.0 Å². The quantitative estimate of drug-likeness (QED) is 0.820. The van der Waals surface area contributed by atoms with Crippen LogP contribution in [-0.2, 0) is 11.3 Å². The highest BCUT2D eigenvalue weighted by Crippen LogP contribution is 2.33. The van der Waals surface area contributed by atoms with Gasteiger partial charge in [0.05, 0.1) is 23.8 Å². The van der Waals surface area contributed by atoms with E-state index in [9.17, 15) is 23.5 Å². The molecule has 11 heteroatoms. The average molecular weight is 414 g/mol. The number of nitrogens with zero attached hydrogens (tertiary/aromatic N) is 5. The minimum Gasteiger partial charge on any atom is -0.385 e. The molecule has 0 radical (unpaired) electrons. The lowest BCUT2D eigenvalue weighted by Crippen LogP contribution is -2.43. The van der Waals surface area contributed by atoms with E-state index in [0.29, 0.717) is 10.7 Å². The van der Waals surface area contributed by atoms with E-state index in [1.807, 2.05) is 0 Å². The normalized spacial score (nSPS) is 23.6. The van der Waals surface area contributed by atoms with Gasteiger partial charge >= 0.3 is 5.69 Å². The SMILES string of the molecule is O=C([C@@H]1CC[C@H](O)c2nn(Cc3ccc(Cl)cn3)c(=O)n21)N1CCC(F)(F)C1. The first-order valence-corrected chi connectivity index (χ1v) is 9.27. The van der Waals surface area contributed by atoms with Crippen molar-refractivity contribution in [3.63, 3.8) is 0 Å². The van der Waals surface area contributed by atoms with Crippen LogP contribution in [0.3, 0.4) is 0 Å². The van der Waals surface area contributed by atoms with Crippen LogP contribution < -0.4 is 5.69 Å². The molecule has 0 spiro atoms. The van der Waals surface area contributed by atoms with Gasteiger partial charge in [-0.1, -0.05) is 11.6 Å². The van der Waals surface area contributed by atoms with Gasteiger partial charge in [-0.25, -0.2) is 18.3 Å². The van der Waals surface area contributed by atoms with Crippen molar-refractivity contribution < 1.29 is 18.7 Å². The Labute approximate surface area is 163 Å². The van der Waals surface area contributed by atoms with Crippen molar-refractivity contribution in [3.8, 4) is 0 Å². The molecule has 2 aromatic rings. The van der Waals surface area contributed by atoms with Crippen LogP contribution in [0.2, 0.25) is 5.02 Å². The molecular weight excluding hydrogens is 396 g/mol. The number of halogens is 3. The fourth-order valence-electron chi connectivity index (χ4n) is 3.66. The Kier molecular flexibility index (Phi) is 4.70. The number of hydrogen-bond acceptors (Lipinski definition) is 5. The van der Waals surface area contributed by atoms with E-state index >= 15 is 0 Å². The molecule has 1 fully saturated rings. The van der Waals surface area contributed by atoms with Crippen LogP contribution in [0.4, 0.5) is 8.78 Å². The summed E-state index contributed by atoms with van der Waals surface area (Å²) in [6, 6.07) is 2.31. The first-order chi connectivity index (χ1) is 13.2. The molecular formula is C17H18ClF2N5O3. The maximum Gasteiger partial charge on any atom is 0.347 e. The smallest absolute Gasteiger partial charge is 0.347 e. The Morgan fingerprint density at radius 1 is 1.36 bits per heavy atom. The van der Waals surface area contributed by atoms with Crippen molar-refractivity contribution >= 4 is 17.5 Å². The lowest BCUT2D eigenvalue weighted by molar-refractivity contribution is -0.136. The molecule has 4 rings (SSSR count). The summed E-state index contributed by atoms with van der Waals surface area (Å²) >= 11 is 5.80. The average Bonchev–Trinajstić information content (AvgIpc) is 3.18. The molecule has 0 saturated carbocycles. The van der Waals surface area contributed by atoms with Crippen molar-refractivity contribution in [1.82, 2.24) is 24.2 Å². The third kappa shape index (κ3) is 3.42. The number of alkyl halides is 2. The van der Waals surface area contributed by atoms with E-state index in [2.05, 4.69) is 10.1 Å². The highest BCUT2D eigenvalue weighted by atomic mass is 35.5. The van der Waals surface area contributed by atoms with Gasteiger partial charge in [0.2, 0.25) is 5.91 Å². The standard InChI is InChI=1S/C17H18ClF2N5O3/c18-10-1-2-11(21-7-10)8-24-16(28)25-12(3-4-13(26)14(25)22-24)15(27)23-6-5-17(19,20)9-23/h1-2,7,12-13,26H,3-6,8-9H2/t12-,13-/m0/s1. The second kappa shape index (κ2) is 6.93. The number of aliphatic hydroxyl groups is 1. The minimum atomic E-state index is -2.91. The summed E-state index contributed by atoms with van der Waals surface area (Å²) in [4.78, 5) is 30.9. The summed E-state index contributed by atoms with van der Waals surface area (Å²) in [6.07, 6.45) is 0.441. The summed E-state index contributed by atoms with van der Waals surface area (Å²) in [6.45, 7) is -0.680. The predicted molar refractivity (Wildman–Crippen MR) is 94.2 cm³/mol. The number of aromatic nitrogens is 4. The zero-order chi connectivity index (χ0) is 20.1. The van der Waals surface area contributed by atoms with Gasteiger partial charge in [0.15, 0.2) is 5.82 Å². The number of likely N-dealkylation sites (tertiary alicyclic amines) is 1. The van der Waals surface area contributed by atoms with E-state index in [1.54, 1.807) is 12.1 Å². The number of aliphatic hydroxyl groups excluding tert-OH is 1. The number of carbonyl (C=O) groups is 1. The third-order valence-electron chi connectivity index (χ3n) is 5.09. The summed E-state index contributed by atoms with van der Waals surface area (Å²) in [5.74, 6) is -3.40. The summed E-state index contributed by atoms with van der Waals surface area (Å²) in [7, 11) is 0. The number of fused-ring (bicyclic) bond motifs is 1. The number of hydrogen-bond donors (Lipinski definition) is 1. The van der Waals surface area contributed by atoms with Crippen LogP contribution in [-0.4, -0.2) is 54.3 Å². The zero-order valence-electron chi connectivity index (χ0n) is 14.8. The first-order valence-electron chi connectivity index (χ1n) is 8.89. The third-order valence-corrected chi connectivity index (χ3v) is 5.31. The molecule has 0 unspecified atom stereocenters. The van der Waals surface area contributed by atoms with E-state index in [1.165, 1.54) is 6.20 Å². The molecule has 2 aromatic heterocycles. The van der Waals surface area contributed by atoms with Crippen LogP contribution in [0.25, 0.3) is 0 Å². The molecule has 0 aromatic carbocycles. The maximum atomic E-state index is 13.5. The first kappa shape index (κ1) is 19.0. The Morgan fingerprint density at radius 2 is 2.14 bits per heavy atom. The fourth-order valence-corrected chi connectivity index (χ4v) is 3.77. The highest BCUT2D eigenvalue weighted by Gasteiger charge is 2.44. The molecule has 4 heterocycles. The lowest BCUT2D eigenvalue weighted by Gasteiger charge is -2.29. The van der Waals surface area contributed by atoms with E-state index in [4.69, 9.17) is 11.6 Å². The molecule has 1 N–H and O–H groups in total. The van der Waals surface area contributed by atoms with Gasteiger partial charge in [0.25, 0.3) is 5.92 Å². The van der Waals surface area contributed by atoms with E-state index < -0.39 is 42.6 Å². The second-order valence-corrected chi connectivity index (χ2v) is 7.55. The molecule has 1 amide bonds. The van der Waals surface area contributed by atoms with Gasteiger partial charge in [0, 0.05) is 19.2 Å². The van der Waals surface area contributed by atoms with Crippen molar-refractivity contribution in [2.75, 3.05) is 13.1 Å². The lowest BCUT2D eigenvalue weighted by atomic mass is 10.0. The topological polar surface area (TPSA) is 93.2 Å². The largest absolute Gasteiger partial charge is 0.385 e. The number of amides is 1. The Hall–Kier alpha value is -2.33. The Morgan fingerprint density at radius 3 is 2.79 bits per heavy atom. The van der Waals surface area contributed by atoms with Crippen LogP contribution in [0.5, 0.6) is 0 Å². The summed E-state index contributed by atoms with van der Waals surface area (Å²) < 4.78 is 29.2. The number of pyridine rings is 1. The predicted octanol–water partition coefficient (Wildman–Crippen LogP) is 1.38. The van der Waals surface area contributed by atoms with E-state index in [-0.39, 0.29) is 31.8 Å². The molecule has 150 valence electrons.